The number of aromatic nitrogens is 2. The zero-order valence-corrected chi connectivity index (χ0v) is 13.6. The fourth-order valence-corrected chi connectivity index (χ4v) is 3.05. The predicted octanol–water partition coefficient (Wildman–Crippen LogP) is 2.01. The number of rotatable bonds is 6. The van der Waals surface area contributed by atoms with Crippen molar-refractivity contribution in [3.8, 4) is 12.1 Å². The van der Waals surface area contributed by atoms with Crippen LogP contribution in [0.3, 0.4) is 0 Å². The van der Waals surface area contributed by atoms with Crippen LogP contribution < -0.4 is 9.80 Å². The van der Waals surface area contributed by atoms with Crippen molar-refractivity contribution in [2.45, 2.75) is 38.6 Å². The Kier molecular flexibility index (Phi) is 5.85. The summed E-state index contributed by atoms with van der Waals surface area (Å²) in [4.78, 5) is 22.6. The number of anilines is 2. The molecule has 1 saturated heterocycles. The van der Waals surface area contributed by atoms with Crippen LogP contribution in [0.5, 0.6) is 0 Å². The second-order valence-electron chi connectivity index (χ2n) is 5.55. The van der Waals surface area contributed by atoms with E-state index in [9.17, 15) is 10.1 Å². The lowest BCUT2D eigenvalue weighted by Gasteiger charge is -2.36. The molecule has 0 amide bonds. The molecule has 1 atom stereocenters. The SMILES string of the molecule is CCC1CCCCN1c1ncnc(N(CC#N)CC#N)c1[N+](=O)[O-]. The normalized spacial score (nSPS) is 17.0. The first-order chi connectivity index (χ1) is 11.6. The average molecular weight is 329 g/mol. The van der Waals surface area contributed by atoms with Crippen molar-refractivity contribution >= 4 is 17.3 Å². The number of piperidine rings is 1. The minimum absolute atomic E-state index is 0.0218. The van der Waals surface area contributed by atoms with Crippen molar-refractivity contribution < 1.29 is 4.92 Å². The highest BCUT2D eigenvalue weighted by Gasteiger charge is 2.33. The molecule has 126 valence electrons. The first-order valence-electron chi connectivity index (χ1n) is 7.88. The Balaban J connectivity index is 2.53. The Morgan fingerprint density at radius 3 is 2.67 bits per heavy atom. The van der Waals surface area contributed by atoms with E-state index in [2.05, 4.69) is 16.9 Å². The maximum atomic E-state index is 11.7. The van der Waals surface area contributed by atoms with Crippen LogP contribution in [-0.4, -0.2) is 40.6 Å². The molecule has 0 aromatic carbocycles. The maximum absolute atomic E-state index is 11.7. The topological polar surface area (TPSA) is 123 Å². The molecule has 0 bridgehead atoms. The summed E-state index contributed by atoms with van der Waals surface area (Å²) in [6.07, 6.45) is 5.15. The standard InChI is InChI=1S/C15H19N7O2/c1-2-12-5-3-4-8-21(12)15-13(22(23)24)14(18-11-19-15)20(9-6-16)10-7-17/h11-12H,2-5,8-10H2,1H3. The summed E-state index contributed by atoms with van der Waals surface area (Å²) >= 11 is 0. The molecular formula is C15H19N7O2. The number of hydrogen-bond acceptors (Lipinski definition) is 8. The lowest BCUT2D eigenvalue weighted by molar-refractivity contribution is -0.383. The number of nitro groups is 1. The van der Waals surface area contributed by atoms with Gasteiger partial charge in [-0.05, 0) is 25.7 Å². The lowest BCUT2D eigenvalue weighted by Crippen LogP contribution is -2.40. The summed E-state index contributed by atoms with van der Waals surface area (Å²) in [6, 6.07) is 4.02. The fourth-order valence-electron chi connectivity index (χ4n) is 3.05. The van der Waals surface area contributed by atoms with Gasteiger partial charge < -0.3 is 9.80 Å². The van der Waals surface area contributed by atoms with E-state index in [0.717, 1.165) is 25.7 Å². The summed E-state index contributed by atoms with van der Waals surface area (Å²) in [5.41, 5.74) is -0.233. The second-order valence-corrected chi connectivity index (χ2v) is 5.55. The first-order valence-corrected chi connectivity index (χ1v) is 7.88. The van der Waals surface area contributed by atoms with Gasteiger partial charge in [-0.1, -0.05) is 6.92 Å². The molecule has 0 N–H and O–H groups in total. The van der Waals surface area contributed by atoms with Crippen molar-refractivity contribution in [3.63, 3.8) is 0 Å². The van der Waals surface area contributed by atoms with Gasteiger partial charge in [0.25, 0.3) is 0 Å². The summed E-state index contributed by atoms with van der Waals surface area (Å²) in [5, 5.41) is 29.6. The largest absolute Gasteiger partial charge is 0.353 e. The molecule has 1 aliphatic rings. The molecule has 0 radical (unpaired) electrons. The summed E-state index contributed by atoms with van der Waals surface area (Å²) < 4.78 is 0. The van der Waals surface area contributed by atoms with Crippen LogP contribution in [0.1, 0.15) is 32.6 Å². The zero-order chi connectivity index (χ0) is 17.5. The van der Waals surface area contributed by atoms with Crippen molar-refractivity contribution in [2.75, 3.05) is 29.4 Å². The van der Waals surface area contributed by atoms with Gasteiger partial charge in [0, 0.05) is 12.6 Å². The van der Waals surface area contributed by atoms with Gasteiger partial charge in [0.15, 0.2) is 0 Å². The van der Waals surface area contributed by atoms with Gasteiger partial charge in [0.05, 0.1) is 17.1 Å². The third kappa shape index (κ3) is 3.51. The van der Waals surface area contributed by atoms with Crippen molar-refractivity contribution in [1.29, 1.82) is 10.5 Å². The van der Waals surface area contributed by atoms with Crippen LogP contribution in [0.4, 0.5) is 17.3 Å². The molecule has 9 heteroatoms. The van der Waals surface area contributed by atoms with E-state index >= 15 is 0 Å². The first kappa shape index (κ1) is 17.4. The van der Waals surface area contributed by atoms with E-state index in [1.165, 1.54) is 11.2 Å². The van der Waals surface area contributed by atoms with Crippen LogP contribution in [0.25, 0.3) is 0 Å². The molecule has 0 saturated carbocycles. The van der Waals surface area contributed by atoms with Crippen LogP contribution >= 0.6 is 0 Å². The molecule has 1 aliphatic heterocycles. The second kappa shape index (κ2) is 8.06. The van der Waals surface area contributed by atoms with E-state index in [1.807, 2.05) is 17.0 Å². The Hall–Kier alpha value is -2.94. The Labute approximate surface area is 140 Å². The summed E-state index contributed by atoms with van der Waals surface area (Å²) in [6.45, 7) is 2.45. The van der Waals surface area contributed by atoms with Gasteiger partial charge in [-0.3, -0.25) is 10.1 Å². The van der Waals surface area contributed by atoms with E-state index in [4.69, 9.17) is 10.5 Å². The highest BCUT2D eigenvalue weighted by atomic mass is 16.6. The third-order valence-corrected chi connectivity index (χ3v) is 4.16. The quantitative estimate of drug-likeness (QED) is 0.441. The molecule has 1 fully saturated rings. The number of hydrogen-bond donors (Lipinski definition) is 0. The predicted molar refractivity (Wildman–Crippen MR) is 87.4 cm³/mol. The fraction of sp³-hybridized carbons (Fsp3) is 0.600. The Bertz CT molecular complexity index is 663. The van der Waals surface area contributed by atoms with Crippen molar-refractivity contribution in [1.82, 2.24) is 9.97 Å². The van der Waals surface area contributed by atoms with E-state index in [1.54, 1.807) is 0 Å². The minimum atomic E-state index is -0.520. The Morgan fingerprint density at radius 2 is 2.08 bits per heavy atom. The molecule has 9 nitrogen and oxygen atoms in total. The van der Waals surface area contributed by atoms with Crippen LogP contribution in [0, 0.1) is 32.8 Å². The molecule has 2 rings (SSSR count). The molecular weight excluding hydrogens is 310 g/mol. The van der Waals surface area contributed by atoms with Crippen LogP contribution in [0.15, 0.2) is 6.33 Å². The van der Waals surface area contributed by atoms with Gasteiger partial charge >= 0.3 is 5.69 Å². The highest BCUT2D eigenvalue weighted by Crippen LogP contribution is 2.37. The van der Waals surface area contributed by atoms with Gasteiger partial charge in [-0.2, -0.15) is 10.5 Å². The number of nitriles is 2. The van der Waals surface area contributed by atoms with E-state index in [-0.39, 0.29) is 36.5 Å². The van der Waals surface area contributed by atoms with Gasteiger partial charge in [0.1, 0.15) is 19.4 Å². The van der Waals surface area contributed by atoms with Crippen molar-refractivity contribution in [3.05, 3.63) is 16.4 Å². The molecule has 24 heavy (non-hydrogen) atoms. The molecule has 1 aromatic heterocycles. The summed E-state index contributed by atoms with van der Waals surface area (Å²) in [7, 11) is 0. The van der Waals surface area contributed by atoms with E-state index < -0.39 is 4.92 Å². The molecule has 0 spiro atoms. The van der Waals surface area contributed by atoms with Gasteiger partial charge in [-0.15, -0.1) is 0 Å². The van der Waals surface area contributed by atoms with Crippen molar-refractivity contribution in [2.24, 2.45) is 0 Å². The molecule has 2 heterocycles. The van der Waals surface area contributed by atoms with Crippen LogP contribution in [-0.2, 0) is 0 Å². The monoisotopic (exact) mass is 329 g/mol. The maximum Gasteiger partial charge on any atom is 0.353 e. The zero-order valence-electron chi connectivity index (χ0n) is 13.6. The molecule has 1 unspecified atom stereocenters. The van der Waals surface area contributed by atoms with Gasteiger partial charge in [-0.25, -0.2) is 9.97 Å². The smallest absolute Gasteiger partial charge is 0.348 e. The third-order valence-electron chi connectivity index (χ3n) is 4.16. The van der Waals surface area contributed by atoms with E-state index in [0.29, 0.717) is 6.54 Å². The Morgan fingerprint density at radius 1 is 1.38 bits per heavy atom. The minimum Gasteiger partial charge on any atom is -0.348 e. The van der Waals surface area contributed by atoms with Gasteiger partial charge in [0.2, 0.25) is 11.6 Å². The average Bonchev–Trinajstić information content (AvgIpc) is 2.60. The lowest BCUT2D eigenvalue weighted by atomic mass is 10.00. The number of nitrogens with zero attached hydrogens (tertiary/aromatic N) is 7. The molecule has 1 aromatic rings. The molecule has 0 aliphatic carbocycles. The van der Waals surface area contributed by atoms with Crippen LogP contribution in [0.2, 0.25) is 0 Å². The summed E-state index contributed by atoms with van der Waals surface area (Å²) in [5.74, 6) is 0.297. The highest BCUT2D eigenvalue weighted by molar-refractivity contribution is 5.72.